The molecule has 0 bridgehead atoms. The molecule has 1 aliphatic rings. The summed E-state index contributed by atoms with van der Waals surface area (Å²) in [5.41, 5.74) is 2.27. The highest BCUT2D eigenvalue weighted by Crippen LogP contribution is 2.47. The molecular weight excluding hydrogens is 196 g/mol. The largest absolute Gasteiger partial charge is 0.507 e. The van der Waals surface area contributed by atoms with Gasteiger partial charge in [0.2, 0.25) is 0 Å². The zero-order valence-corrected chi connectivity index (χ0v) is 10.5. The Labute approximate surface area is 98.5 Å². The van der Waals surface area contributed by atoms with Gasteiger partial charge in [-0.2, -0.15) is 0 Å². The van der Waals surface area contributed by atoms with E-state index in [0.29, 0.717) is 17.6 Å². The Morgan fingerprint density at radius 2 is 1.88 bits per heavy atom. The van der Waals surface area contributed by atoms with E-state index >= 15 is 0 Å². The summed E-state index contributed by atoms with van der Waals surface area (Å²) in [5.74, 6) is 2.34. The van der Waals surface area contributed by atoms with Crippen LogP contribution in [-0.2, 0) is 0 Å². The van der Waals surface area contributed by atoms with Crippen LogP contribution in [0.15, 0.2) is 18.2 Å². The monoisotopic (exact) mass is 218 g/mol. The summed E-state index contributed by atoms with van der Waals surface area (Å²) in [7, 11) is 0. The molecule has 16 heavy (non-hydrogen) atoms. The normalized spacial score (nSPS) is 17.8. The number of rotatable bonds is 4. The Hall–Kier alpha value is -0.980. The van der Waals surface area contributed by atoms with Crippen LogP contribution in [0.4, 0.5) is 0 Å². The second-order valence-electron chi connectivity index (χ2n) is 5.29. The number of phenolic OH excluding ortho intramolecular Hbond substituents is 1. The summed E-state index contributed by atoms with van der Waals surface area (Å²) in [6, 6.07) is 6.24. The van der Waals surface area contributed by atoms with Gasteiger partial charge in [-0.1, -0.05) is 39.0 Å². The maximum atomic E-state index is 10.3. The van der Waals surface area contributed by atoms with Gasteiger partial charge in [-0.25, -0.2) is 0 Å². The molecular formula is C15H22O. The lowest BCUT2D eigenvalue weighted by Crippen LogP contribution is -2.02. The molecule has 1 N–H and O–H groups in total. The highest BCUT2D eigenvalue weighted by atomic mass is 16.3. The minimum atomic E-state index is 0.400. The molecule has 0 amide bonds. The molecule has 0 spiro atoms. The standard InChI is InChI=1S/C15H22O/c1-4-12(11-8-9-11)14-7-5-6-13(10(2)3)15(14)16/h5-7,10-12,16H,4,8-9H2,1-3H3. The smallest absolute Gasteiger partial charge is 0.122 e. The molecule has 1 aromatic rings. The van der Waals surface area contributed by atoms with E-state index in [0.717, 1.165) is 17.9 Å². The van der Waals surface area contributed by atoms with Crippen LogP contribution in [0, 0.1) is 5.92 Å². The van der Waals surface area contributed by atoms with Crippen molar-refractivity contribution in [2.75, 3.05) is 0 Å². The number of aromatic hydroxyl groups is 1. The summed E-state index contributed by atoms with van der Waals surface area (Å²) in [6.45, 7) is 6.50. The predicted octanol–water partition coefficient (Wildman–Crippen LogP) is 4.42. The van der Waals surface area contributed by atoms with Crippen LogP contribution in [0.25, 0.3) is 0 Å². The molecule has 88 valence electrons. The fourth-order valence-corrected chi connectivity index (χ4v) is 2.65. The second-order valence-corrected chi connectivity index (χ2v) is 5.29. The van der Waals surface area contributed by atoms with Crippen molar-refractivity contribution in [3.8, 4) is 5.75 Å². The minimum Gasteiger partial charge on any atom is -0.507 e. The summed E-state index contributed by atoms with van der Waals surface area (Å²) >= 11 is 0. The fourth-order valence-electron chi connectivity index (χ4n) is 2.65. The van der Waals surface area contributed by atoms with Crippen LogP contribution in [0.3, 0.4) is 0 Å². The molecule has 0 radical (unpaired) electrons. The van der Waals surface area contributed by atoms with E-state index in [1.54, 1.807) is 0 Å². The van der Waals surface area contributed by atoms with E-state index in [4.69, 9.17) is 0 Å². The number of para-hydroxylation sites is 1. The van der Waals surface area contributed by atoms with Crippen LogP contribution in [0.1, 0.15) is 63.0 Å². The number of benzene rings is 1. The van der Waals surface area contributed by atoms with Crippen molar-refractivity contribution in [2.45, 2.75) is 51.9 Å². The van der Waals surface area contributed by atoms with Gasteiger partial charge in [0.05, 0.1) is 0 Å². The third-order valence-corrected chi connectivity index (χ3v) is 3.75. The van der Waals surface area contributed by atoms with Crippen molar-refractivity contribution in [1.82, 2.24) is 0 Å². The highest BCUT2D eigenvalue weighted by Gasteiger charge is 2.32. The SMILES string of the molecule is CCC(c1cccc(C(C)C)c1O)C1CC1. The highest BCUT2D eigenvalue weighted by molar-refractivity contribution is 5.44. The van der Waals surface area contributed by atoms with Crippen LogP contribution < -0.4 is 0 Å². The zero-order valence-electron chi connectivity index (χ0n) is 10.5. The summed E-state index contributed by atoms with van der Waals surface area (Å²) in [6.07, 6.45) is 3.81. The first kappa shape index (κ1) is 11.5. The Morgan fingerprint density at radius 3 is 2.38 bits per heavy atom. The van der Waals surface area contributed by atoms with Gasteiger partial charge in [0.25, 0.3) is 0 Å². The Balaban J connectivity index is 2.35. The Morgan fingerprint density at radius 1 is 1.25 bits per heavy atom. The maximum absolute atomic E-state index is 10.3. The van der Waals surface area contributed by atoms with Crippen LogP contribution in [0.5, 0.6) is 5.75 Å². The van der Waals surface area contributed by atoms with Crippen molar-refractivity contribution < 1.29 is 5.11 Å². The molecule has 0 saturated heterocycles. The maximum Gasteiger partial charge on any atom is 0.122 e. The average Bonchev–Trinajstić information content (AvgIpc) is 3.05. The first-order valence-corrected chi connectivity index (χ1v) is 6.46. The molecule has 1 heteroatoms. The third-order valence-electron chi connectivity index (χ3n) is 3.75. The van der Waals surface area contributed by atoms with Gasteiger partial charge >= 0.3 is 0 Å². The van der Waals surface area contributed by atoms with Gasteiger partial charge in [-0.15, -0.1) is 0 Å². The molecule has 1 aliphatic carbocycles. The van der Waals surface area contributed by atoms with Gasteiger partial charge in [-0.3, -0.25) is 0 Å². The first-order valence-electron chi connectivity index (χ1n) is 6.46. The van der Waals surface area contributed by atoms with Gasteiger partial charge in [0.1, 0.15) is 5.75 Å². The Bertz CT molecular complexity index is 364. The molecule has 1 atom stereocenters. The lowest BCUT2D eigenvalue weighted by molar-refractivity contribution is 0.442. The van der Waals surface area contributed by atoms with Crippen molar-refractivity contribution in [2.24, 2.45) is 5.92 Å². The molecule has 1 fully saturated rings. The molecule has 0 aromatic heterocycles. The molecule has 1 aromatic carbocycles. The van der Waals surface area contributed by atoms with Crippen molar-refractivity contribution in [1.29, 1.82) is 0 Å². The van der Waals surface area contributed by atoms with E-state index in [1.807, 2.05) is 6.07 Å². The molecule has 2 rings (SSSR count). The van der Waals surface area contributed by atoms with Gasteiger partial charge < -0.3 is 5.11 Å². The molecule has 1 nitrogen and oxygen atoms in total. The van der Waals surface area contributed by atoms with Gasteiger partial charge in [0.15, 0.2) is 0 Å². The van der Waals surface area contributed by atoms with Crippen molar-refractivity contribution in [3.63, 3.8) is 0 Å². The second kappa shape index (κ2) is 4.48. The lowest BCUT2D eigenvalue weighted by atomic mass is 9.88. The zero-order chi connectivity index (χ0) is 11.7. The van der Waals surface area contributed by atoms with Crippen molar-refractivity contribution in [3.05, 3.63) is 29.3 Å². The van der Waals surface area contributed by atoms with Crippen LogP contribution >= 0.6 is 0 Å². The van der Waals surface area contributed by atoms with E-state index in [2.05, 4.69) is 32.9 Å². The molecule has 1 unspecified atom stereocenters. The predicted molar refractivity (Wildman–Crippen MR) is 68.0 cm³/mol. The average molecular weight is 218 g/mol. The minimum absolute atomic E-state index is 0.400. The third kappa shape index (κ3) is 2.09. The van der Waals surface area contributed by atoms with Gasteiger partial charge in [-0.05, 0) is 48.1 Å². The first-order chi connectivity index (χ1) is 7.65. The Kier molecular flexibility index (Phi) is 3.22. The molecule has 0 aliphatic heterocycles. The van der Waals surface area contributed by atoms with E-state index in [9.17, 15) is 5.11 Å². The van der Waals surface area contributed by atoms with Gasteiger partial charge in [0, 0.05) is 0 Å². The molecule has 1 saturated carbocycles. The van der Waals surface area contributed by atoms with Crippen LogP contribution in [0.2, 0.25) is 0 Å². The van der Waals surface area contributed by atoms with E-state index < -0.39 is 0 Å². The number of hydrogen-bond acceptors (Lipinski definition) is 1. The summed E-state index contributed by atoms with van der Waals surface area (Å²) in [4.78, 5) is 0. The fraction of sp³-hybridized carbons (Fsp3) is 0.600. The quantitative estimate of drug-likeness (QED) is 0.793. The van der Waals surface area contributed by atoms with Crippen LogP contribution in [-0.4, -0.2) is 5.11 Å². The lowest BCUT2D eigenvalue weighted by Gasteiger charge is -2.19. The summed E-state index contributed by atoms with van der Waals surface area (Å²) < 4.78 is 0. The van der Waals surface area contributed by atoms with E-state index in [-0.39, 0.29) is 0 Å². The topological polar surface area (TPSA) is 20.2 Å². The number of phenols is 1. The number of hydrogen-bond donors (Lipinski definition) is 1. The molecule has 0 heterocycles. The summed E-state index contributed by atoms with van der Waals surface area (Å²) in [5, 5.41) is 10.3. The van der Waals surface area contributed by atoms with E-state index in [1.165, 1.54) is 18.4 Å². The van der Waals surface area contributed by atoms with Crippen molar-refractivity contribution >= 4 is 0 Å².